The first kappa shape index (κ1) is 14.6. The Morgan fingerprint density at radius 3 is 2.72 bits per heavy atom. The summed E-state index contributed by atoms with van der Waals surface area (Å²) in [6, 6.07) is 0. The Bertz CT molecular complexity index is 328. The Labute approximate surface area is 105 Å². The van der Waals surface area contributed by atoms with E-state index in [2.05, 4.69) is 0 Å². The van der Waals surface area contributed by atoms with Crippen molar-refractivity contribution in [2.45, 2.75) is 38.2 Å². The molecule has 102 valence electrons. The van der Waals surface area contributed by atoms with E-state index in [0.717, 1.165) is 0 Å². The third-order valence-electron chi connectivity index (χ3n) is 3.42. The maximum absolute atomic E-state index is 10.5. The van der Waals surface area contributed by atoms with E-state index in [1.165, 1.54) is 0 Å². The van der Waals surface area contributed by atoms with Crippen molar-refractivity contribution >= 4 is 5.97 Å². The molecular weight excluding hydrogens is 238 g/mol. The molecule has 0 aromatic rings. The monoisotopic (exact) mass is 257 g/mol. The number of aliphatic hydroxyl groups is 1. The minimum absolute atomic E-state index is 0.0703. The van der Waals surface area contributed by atoms with Gasteiger partial charge < -0.3 is 10.2 Å². The van der Waals surface area contributed by atoms with Gasteiger partial charge in [0.25, 0.3) is 0 Å². The highest BCUT2D eigenvalue weighted by atomic mass is 16.6. The summed E-state index contributed by atoms with van der Waals surface area (Å²) in [4.78, 5) is 20.5. The van der Waals surface area contributed by atoms with Crippen LogP contribution in [0.5, 0.6) is 0 Å². The van der Waals surface area contributed by atoms with Gasteiger partial charge in [-0.1, -0.05) is 12.2 Å². The molecule has 1 rings (SSSR count). The number of carboxylic acids is 1. The number of allylic oxidation sites excluding steroid dienone is 2. The van der Waals surface area contributed by atoms with Gasteiger partial charge in [0.2, 0.25) is 6.54 Å². The Morgan fingerprint density at radius 2 is 2.11 bits per heavy atom. The summed E-state index contributed by atoms with van der Waals surface area (Å²) in [6.07, 6.45) is 5.55. The van der Waals surface area contributed by atoms with Crippen LogP contribution < -0.4 is 0 Å². The van der Waals surface area contributed by atoms with E-state index in [1.54, 1.807) is 6.08 Å². The largest absolute Gasteiger partial charge is 0.481 e. The van der Waals surface area contributed by atoms with E-state index in [9.17, 15) is 20.0 Å². The maximum atomic E-state index is 10.5. The van der Waals surface area contributed by atoms with Gasteiger partial charge in [-0.25, -0.2) is 0 Å². The third kappa shape index (κ3) is 4.83. The molecule has 6 nitrogen and oxygen atoms in total. The molecule has 0 amide bonds. The molecule has 3 unspecified atom stereocenters. The van der Waals surface area contributed by atoms with Crippen LogP contribution in [0.4, 0.5) is 0 Å². The molecule has 1 saturated carbocycles. The van der Waals surface area contributed by atoms with E-state index in [-0.39, 0.29) is 29.7 Å². The van der Waals surface area contributed by atoms with Gasteiger partial charge in [0, 0.05) is 17.3 Å². The predicted octanol–water partition coefficient (Wildman–Crippen LogP) is 1.46. The molecule has 0 bridgehead atoms. The van der Waals surface area contributed by atoms with E-state index in [4.69, 9.17) is 5.11 Å². The lowest BCUT2D eigenvalue weighted by Gasteiger charge is -2.17. The quantitative estimate of drug-likeness (QED) is 0.408. The fourth-order valence-corrected chi connectivity index (χ4v) is 2.47. The molecule has 1 fully saturated rings. The number of aliphatic carboxylic acids is 1. The Hall–Kier alpha value is -1.43. The molecule has 0 radical (unpaired) electrons. The Balaban J connectivity index is 2.37. The van der Waals surface area contributed by atoms with Crippen molar-refractivity contribution in [2.24, 2.45) is 11.8 Å². The normalized spacial score (nSPS) is 27.7. The number of nitro groups is 1. The molecule has 0 aromatic heterocycles. The van der Waals surface area contributed by atoms with Crippen molar-refractivity contribution in [3.63, 3.8) is 0 Å². The minimum atomic E-state index is -0.841. The number of rotatable bonds is 7. The number of nitrogens with zero attached hydrogens (tertiary/aromatic N) is 1. The van der Waals surface area contributed by atoms with Crippen LogP contribution in [0.25, 0.3) is 0 Å². The van der Waals surface area contributed by atoms with Crippen molar-refractivity contribution in [1.82, 2.24) is 0 Å². The standard InChI is InChI=1S/C12H19NO5/c14-11-7-6-9(8-13(17)18)10(11)4-2-1-3-5-12(15)16/h1-2,9-11,14H,3-8H2,(H,15,16)/b2-1+. The zero-order chi connectivity index (χ0) is 13.5. The zero-order valence-corrected chi connectivity index (χ0v) is 10.2. The lowest BCUT2D eigenvalue weighted by Crippen LogP contribution is -2.23. The van der Waals surface area contributed by atoms with Crippen molar-refractivity contribution in [3.8, 4) is 0 Å². The number of hydrogen-bond acceptors (Lipinski definition) is 4. The highest BCUT2D eigenvalue weighted by Gasteiger charge is 2.36. The average Bonchev–Trinajstić information content (AvgIpc) is 2.59. The highest BCUT2D eigenvalue weighted by molar-refractivity contribution is 5.66. The van der Waals surface area contributed by atoms with E-state index < -0.39 is 12.1 Å². The van der Waals surface area contributed by atoms with Gasteiger partial charge in [0.1, 0.15) is 0 Å². The first-order valence-corrected chi connectivity index (χ1v) is 6.17. The number of carboxylic acid groups (broad SMARTS) is 1. The molecule has 1 aliphatic carbocycles. The summed E-state index contributed by atoms with van der Waals surface area (Å²) in [5, 5.41) is 28.7. The topological polar surface area (TPSA) is 101 Å². The third-order valence-corrected chi connectivity index (χ3v) is 3.42. The van der Waals surface area contributed by atoms with Gasteiger partial charge in [-0.3, -0.25) is 14.9 Å². The van der Waals surface area contributed by atoms with Gasteiger partial charge in [-0.05, 0) is 31.6 Å². The van der Waals surface area contributed by atoms with Crippen LogP contribution in [0, 0.1) is 22.0 Å². The second kappa shape index (κ2) is 7.10. The molecule has 0 spiro atoms. The fraction of sp³-hybridized carbons (Fsp3) is 0.750. The van der Waals surface area contributed by atoms with Crippen molar-refractivity contribution in [1.29, 1.82) is 0 Å². The van der Waals surface area contributed by atoms with Gasteiger partial charge in [-0.15, -0.1) is 0 Å². The van der Waals surface area contributed by atoms with E-state index >= 15 is 0 Å². The second-order valence-electron chi connectivity index (χ2n) is 4.72. The Morgan fingerprint density at radius 1 is 1.39 bits per heavy atom. The van der Waals surface area contributed by atoms with E-state index in [0.29, 0.717) is 25.7 Å². The fourth-order valence-electron chi connectivity index (χ4n) is 2.47. The molecule has 0 heterocycles. The highest BCUT2D eigenvalue weighted by Crippen LogP contribution is 2.34. The molecule has 2 N–H and O–H groups in total. The summed E-state index contributed by atoms with van der Waals surface area (Å²) < 4.78 is 0. The number of carbonyl (C=O) groups is 1. The summed E-state index contributed by atoms with van der Waals surface area (Å²) in [5.74, 6) is -0.984. The molecule has 0 aliphatic heterocycles. The van der Waals surface area contributed by atoms with Crippen molar-refractivity contribution in [2.75, 3.05) is 6.54 Å². The van der Waals surface area contributed by atoms with Crippen LogP contribution in [0.2, 0.25) is 0 Å². The maximum Gasteiger partial charge on any atom is 0.303 e. The summed E-state index contributed by atoms with van der Waals surface area (Å²) >= 11 is 0. The van der Waals surface area contributed by atoms with Gasteiger partial charge >= 0.3 is 5.97 Å². The SMILES string of the molecule is O=C(O)CC/C=C/CC1C(O)CCC1C[N+](=O)[O-]. The number of hydrogen-bond donors (Lipinski definition) is 2. The number of aliphatic hydroxyl groups excluding tert-OH is 1. The smallest absolute Gasteiger partial charge is 0.303 e. The molecule has 6 heteroatoms. The zero-order valence-electron chi connectivity index (χ0n) is 10.2. The lowest BCUT2D eigenvalue weighted by molar-refractivity contribution is -0.489. The minimum Gasteiger partial charge on any atom is -0.481 e. The van der Waals surface area contributed by atoms with Gasteiger partial charge in [-0.2, -0.15) is 0 Å². The lowest BCUT2D eigenvalue weighted by atomic mass is 9.91. The van der Waals surface area contributed by atoms with Crippen LogP contribution >= 0.6 is 0 Å². The van der Waals surface area contributed by atoms with Crippen molar-refractivity contribution < 1.29 is 19.9 Å². The average molecular weight is 257 g/mol. The van der Waals surface area contributed by atoms with Crippen molar-refractivity contribution in [3.05, 3.63) is 22.3 Å². The van der Waals surface area contributed by atoms with Crippen LogP contribution in [-0.2, 0) is 4.79 Å². The molecule has 0 saturated heterocycles. The first-order chi connectivity index (χ1) is 8.50. The van der Waals surface area contributed by atoms with Crippen LogP contribution in [-0.4, -0.2) is 33.8 Å². The first-order valence-electron chi connectivity index (χ1n) is 6.17. The van der Waals surface area contributed by atoms with Crippen LogP contribution in [0.3, 0.4) is 0 Å². The molecule has 3 atom stereocenters. The molecule has 1 aliphatic rings. The molecule has 0 aromatic carbocycles. The second-order valence-corrected chi connectivity index (χ2v) is 4.72. The molecule has 18 heavy (non-hydrogen) atoms. The summed E-state index contributed by atoms with van der Waals surface area (Å²) in [5.41, 5.74) is 0. The Kier molecular flexibility index (Phi) is 5.77. The summed E-state index contributed by atoms with van der Waals surface area (Å²) in [7, 11) is 0. The summed E-state index contributed by atoms with van der Waals surface area (Å²) in [6.45, 7) is -0.0926. The van der Waals surface area contributed by atoms with E-state index in [1.807, 2.05) is 6.08 Å². The predicted molar refractivity (Wildman–Crippen MR) is 64.7 cm³/mol. The van der Waals surface area contributed by atoms with Gasteiger partial charge in [0.15, 0.2) is 0 Å². The molecular formula is C12H19NO5. The van der Waals surface area contributed by atoms with Gasteiger partial charge in [0.05, 0.1) is 6.10 Å². The van der Waals surface area contributed by atoms with Crippen LogP contribution in [0.15, 0.2) is 12.2 Å². The van der Waals surface area contributed by atoms with Crippen LogP contribution in [0.1, 0.15) is 32.1 Å².